The predicted molar refractivity (Wildman–Crippen MR) is 100 cm³/mol. The van der Waals surface area contributed by atoms with Crippen molar-refractivity contribution in [3.05, 3.63) is 84.2 Å². The van der Waals surface area contributed by atoms with Crippen LogP contribution in [0.2, 0.25) is 0 Å². The molecule has 0 atom stereocenters. The van der Waals surface area contributed by atoms with Gasteiger partial charge in [0.15, 0.2) is 0 Å². The van der Waals surface area contributed by atoms with Crippen molar-refractivity contribution in [3.8, 4) is 11.1 Å². The lowest BCUT2D eigenvalue weighted by molar-refractivity contribution is -0.114. The molecule has 0 saturated heterocycles. The van der Waals surface area contributed by atoms with Crippen LogP contribution >= 0.6 is 0 Å². The van der Waals surface area contributed by atoms with E-state index in [0.29, 0.717) is 0 Å². The zero-order chi connectivity index (χ0) is 17.6. The van der Waals surface area contributed by atoms with Crippen LogP contribution in [0, 0.1) is 12.7 Å². The zero-order valence-electron chi connectivity index (χ0n) is 13.9. The molecule has 0 bridgehead atoms. The van der Waals surface area contributed by atoms with Crippen molar-refractivity contribution in [1.29, 1.82) is 0 Å². The van der Waals surface area contributed by atoms with Gasteiger partial charge in [-0.2, -0.15) is 0 Å². The second-order valence-corrected chi connectivity index (χ2v) is 5.77. The monoisotopic (exact) mass is 334 g/mol. The van der Waals surface area contributed by atoms with E-state index in [9.17, 15) is 9.18 Å². The average molecular weight is 334 g/mol. The van der Waals surface area contributed by atoms with Gasteiger partial charge in [0.1, 0.15) is 5.82 Å². The molecule has 0 aliphatic rings. The van der Waals surface area contributed by atoms with Crippen molar-refractivity contribution in [2.45, 2.75) is 6.92 Å². The van der Waals surface area contributed by atoms with Crippen LogP contribution in [0.25, 0.3) is 11.1 Å². The van der Waals surface area contributed by atoms with Gasteiger partial charge in [0.05, 0.1) is 6.54 Å². The van der Waals surface area contributed by atoms with Crippen molar-refractivity contribution in [2.75, 3.05) is 17.2 Å². The molecule has 3 rings (SSSR count). The fourth-order valence-electron chi connectivity index (χ4n) is 2.66. The summed E-state index contributed by atoms with van der Waals surface area (Å²) >= 11 is 0. The SMILES string of the molecule is Cc1cc(F)ccc1NCC(=O)Nc1ccccc1-c1ccccc1. The Kier molecular flexibility index (Phi) is 5.09. The van der Waals surface area contributed by atoms with E-state index in [0.717, 1.165) is 28.1 Å². The Morgan fingerprint density at radius 3 is 2.40 bits per heavy atom. The first-order valence-corrected chi connectivity index (χ1v) is 8.08. The van der Waals surface area contributed by atoms with E-state index in [1.807, 2.05) is 54.6 Å². The minimum atomic E-state index is -0.288. The van der Waals surface area contributed by atoms with Crippen molar-refractivity contribution >= 4 is 17.3 Å². The molecule has 0 radical (unpaired) electrons. The maximum atomic E-state index is 13.1. The second kappa shape index (κ2) is 7.62. The number of halogens is 1. The van der Waals surface area contributed by atoms with Gasteiger partial charge in [-0.25, -0.2) is 4.39 Å². The van der Waals surface area contributed by atoms with E-state index < -0.39 is 0 Å². The molecule has 0 heterocycles. The molecule has 0 aliphatic heterocycles. The van der Waals surface area contributed by atoms with Crippen LogP contribution in [-0.4, -0.2) is 12.5 Å². The summed E-state index contributed by atoms with van der Waals surface area (Å²) < 4.78 is 13.1. The summed E-state index contributed by atoms with van der Waals surface area (Å²) in [6.45, 7) is 1.91. The third-order valence-corrected chi connectivity index (χ3v) is 3.91. The molecule has 0 unspecified atom stereocenters. The summed E-state index contributed by atoms with van der Waals surface area (Å²) in [4.78, 5) is 12.3. The van der Waals surface area contributed by atoms with Crippen LogP contribution in [0.4, 0.5) is 15.8 Å². The molecule has 3 aromatic carbocycles. The molecule has 3 nitrogen and oxygen atoms in total. The number of nitrogens with one attached hydrogen (secondary N) is 2. The lowest BCUT2D eigenvalue weighted by Crippen LogP contribution is -2.22. The van der Waals surface area contributed by atoms with Gasteiger partial charge in [0.25, 0.3) is 0 Å². The van der Waals surface area contributed by atoms with Crippen molar-refractivity contribution < 1.29 is 9.18 Å². The third-order valence-electron chi connectivity index (χ3n) is 3.91. The number of amides is 1. The van der Waals surface area contributed by atoms with Crippen LogP contribution < -0.4 is 10.6 Å². The summed E-state index contributed by atoms with van der Waals surface area (Å²) in [6, 6.07) is 22.0. The van der Waals surface area contributed by atoms with E-state index in [1.165, 1.54) is 12.1 Å². The molecular weight excluding hydrogens is 315 g/mol. The summed E-state index contributed by atoms with van der Waals surface area (Å²) in [7, 11) is 0. The Morgan fingerprint density at radius 1 is 0.920 bits per heavy atom. The second-order valence-electron chi connectivity index (χ2n) is 5.77. The molecule has 0 spiro atoms. The molecule has 0 fully saturated rings. The van der Waals surface area contributed by atoms with Gasteiger partial charge in [-0.05, 0) is 42.3 Å². The highest BCUT2D eigenvalue weighted by Gasteiger charge is 2.08. The molecule has 3 aromatic rings. The largest absolute Gasteiger partial charge is 0.376 e. The minimum Gasteiger partial charge on any atom is -0.376 e. The molecular formula is C21H19FN2O. The van der Waals surface area contributed by atoms with Crippen molar-refractivity contribution in [1.82, 2.24) is 0 Å². The summed E-state index contributed by atoms with van der Waals surface area (Å²) in [6.07, 6.45) is 0. The maximum absolute atomic E-state index is 13.1. The van der Waals surface area contributed by atoms with E-state index in [1.54, 1.807) is 13.0 Å². The lowest BCUT2D eigenvalue weighted by atomic mass is 10.0. The molecule has 0 aliphatic carbocycles. The summed E-state index contributed by atoms with van der Waals surface area (Å²) in [5, 5.41) is 5.98. The van der Waals surface area contributed by atoms with Crippen LogP contribution in [0.3, 0.4) is 0 Å². The van der Waals surface area contributed by atoms with E-state index in [4.69, 9.17) is 0 Å². The molecule has 1 amide bonds. The first-order valence-electron chi connectivity index (χ1n) is 8.08. The lowest BCUT2D eigenvalue weighted by Gasteiger charge is -2.13. The molecule has 0 saturated carbocycles. The Hall–Kier alpha value is -3.14. The van der Waals surface area contributed by atoms with Gasteiger partial charge in [0, 0.05) is 16.9 Å². The number of carbonyl (C=O) groups is 1. The number of hydrogen-bond donors (Lipinski definition) is 2. The number of rotatable bonds is 5. The highest BCUT2D eigenvalue weighted by molar-refractivity contribution is 5.97. The van der Waals surface area contributed by atoms with Gasteiger partial charge in [-0.3, -0.25) is 4.79 Å². The zero-order valence-corrected chi connectivity index (χ0v) is 13.9. The number of anilines is 2. The Balaban J connectivity index is 1.69. The maximum Gasteiger partial charge on any atom is 0.243 e. The number of para-hydroxylation sites is 1. The van der Waals surface area contributed by atoms with Gasteiger partial charge in [-0.1, -0.05) is 48.5 Å². The first-order chi connectivity index (χ1) is 12.1. The molecule has 2 N–H and O–H groups in total. The predicted octanol–water partition coefficient (Wildman–Crippen LogP) is 4.85. The number of carbonyl (C=O) groups excluding carboxylic acids is 1. The van der Waals surface area contributed by atoms with Gasteiger partial charge in [0.2, 0.25) is 5.91 Å². The van der Waals surface area contributed by atoms with E-state index >= 15 is 0 Å². The molecule has 4 heteroatoms. The highest BCUT2D eigenvalue weighted by atomic mass is 19.1. The summed E-state index contributed by atoms with van der Waals surface area (Å²) in [5.74, 6) is -0.448. The van der Waals surface area contributed by atoms with Crippen molar-refractivity contribution in [2.24, 2.45) is 0 Å². The fourth-order valence-corrected chi connectivity index (χ4v) is 2.66. The van der Waals surface area contributed by atoms with Gasteiger partial charge in [-0.15, -0.1) is 0 Å². The number of benzene rings is 3. The highest BCUT2D eigenvalue weighted by Crippen LogP contribution is 2.27. The summed E-state index contributed by atoms with van der Waals surface area (Å²) in [5.41, 5.74) is 4.27. The van der Waals surface area contributed by atoms with E-state index in [-0.39, 0.29) is 18.3 Å². The fraction of sp³-hybridized carbons (Fsp3) is 0.0952. The Morgan fingerprint density at radius 2 is 1.64 bits per heavy atom. The quantitative estimate of drug-likeness (QED) is 0.700. The van der Waals surface area contributed by atoms with Gasteiger partial charge >= 0.3 is 0 Å². The first kappa shape index (κ1) is 16.7. The topological polar surface area (TPSA) is 41.1 Å². The van der Waals surface area contributed by atoms with Crippen LogP contribution in [0.5, 0.6) is 0 Å². The van der Waals surface area contributed by atoms with Crippen LogP contribution in [-0.2, 0) is 4.79 Å². The molecule has 126 valence electrons. The third kappa shape index (κ3) is 4.23. The minimum absolute atomic E-state index is 0.107. The number of aryl methyl sites for hydroxylation is 1. The average Bonchev–Trinajstić information content (AvgIpc) is 2.62. The van der Waals surface area contributed by atoms with Crippen LogP contribution in [0.15, 0.2) is 72.8 Å². The van der Waals surface area contributed by atoms with Crippen molar-refractivity contribution in [3.63, 3.8) is 0 Å². The van der Waals surface area contributed by atoms with Gasteiger partial charge < -0.3 is 10.6 Å². The smallest absolute Gasteiger partial charge is 0.243 e. The van der Waals surface area contributed by atoms with E-state index in [2.05, 4.69) is 10.6 Å². The van der Waals surface area contributed by atoms with Crippen LogP contribution in [0.1, 0.15) is 5.56 Å². The molecule has 25 heavy (non-hydrogen) atoms. The molecule has 0 aromatic heterocycles. The Labute approximate surface area is 146 Å². The normalized spacial score (nSPS) is 10.3. The Bertz CT molecular complexity index is 878. The number of hydrogen-bond acceptors (Lipinski definition) is 2. The standard InChI is InChI=1S/C21H19FN2O/c1-15-13-17(22)11-12-19(15)23-14-21(25)24-20-10-6-5-9-18(20)16-7-3-2-4-8-16/h2-13,23H,14H2,1H3,(H,24,25).